The second-order valence-electron chi connectivity index (χ2n) is 7.04. The first kappa shape index (κ1) is 18.3. The van der Waals surface area contributed by atoms with Crippen LogP contribution in [0.1, 0.15) is 11.3 Å². The Balaban J connectivity index is 1.49. The quantitative estimate of drug-likeness (QED) is 0.541. The fraction of sp³-hybridized carbons (Fsp3) is 0.182. The van der Waals surface area contributed by atoms with Crippen LogP contribution in [0.5, 0.6) is 0 Å². The smallest absolute Gasteiger partial charge is 0.230 e. The van der Waals surface area contributed by atoms with Crippen LogP contribution in [-0.4, -0.2) is 29.4 Å². The number of carbonyl (C=O) groups is 1. The standard InChI is InChI=1S/C22H22N4OS/c1-15-4-6-16(7-5-15)20-13-26-19(14-28-22(26)24-20)12-21(27)23-17-8-10-18(11-9-17)25(2)3/h4-11,13-14H,12H2,1-3H3,(H,23,27). The number of nitrogens with zero attached hydrogens (tertiary/aromatic N) is 3. The maximum Gasteiger partial charge on any atom is 0.230 e. The maximum atomic E-state index is 12.5. The van der Waals surface area contributed by atoms with Gasteiger partial charge in [-0.3, -0.25) is 9.20 Å². The van der Waals surface area contributed by atoms with Crippen LogP contribution in [0.15, 0.2) is 60.1 Å². The van der Waals surface area contributed by atoms with E-state index < -0.39 is 0 Å². The first-order valence-corrected chi connectivity index (χ1v) is 9.97. The second kappa shape index (κ2) is 7.48. The Morgan fingerprint density at radius 2 is 1.82 bits per heavy atom. The van der Waals surface area contributed by atoms with E-state index in [1.807, 2.05) is 59.2 Å². The summed E-state index contributed by atoms with van der Waals surface area (Å²) in [5.41, 5.74) is 6.06. The van der Waals surface area contributed by atoms with Gasteiger partial charge < -0.3 is 10.2 Å². The van der Waals surface area contributed by atoms with Crippen LogP contribution in [0.3, 0.4) is 0 Å². The van der Waals surface area contributed by atoms with E-state index in [0.717, 1.165) is 33.3 Å². The summed E-state index contributed by atoms with van der Waals surface area (Å²) in [6.07, 6.45) is 2.31. The Kier molecular flexibility index (Phi) is 4.88. The van der Waals surface area contributed by atoms with Crippen molar-refractivity contribution in [3.63, 3.8) is 0 Å². The first-order valence-electron chi connectivity index (χ1n) is 9.09. The molecular weight excluding hydrogens is 368 g/mol. The summed E-state index contributed by atoms with van der Waals surface area (Å²) in [6.45, 7) is 2.07. The molecule has 0 aliphatic carbocycles. The third-order valence-corrected chi connectivity index (χ3v) is 5.53. The summed E-state index contributed by atoms with van der Waals surface area (Å²) in [5.74, 6) is -0.0390. The topological polar surface area (TPSA) is 49.6 Å². The Labute approximate surface area is 168 Å². The van der Waals surface area contributed by atoms with Crippen molar-refractivity contribution in [2.45, 2.75) is 13.3 Å². The zero-order valence-corrected chi connectivity index (χ0v) is 17.0. The van der Waals surface area contributed by atoms with Crippen molar-refractivity contribution < 1.29 is 4.79 Å². The van der Waals surface area contributed by atoms with Gasteiger partial charge >= 0.3 is 0 Å². The number of aryl methyl sites for hydroxylation is 1. The Hall–Kier alpha value is -3.12. The van der Waals surface area contributed by atoms with Gasteiger partial charge in [0.05, 0.1) is 12.1 Å². The molecule has 0 saturated carbocycles. The molecule has 0 unspecified atom stereocenters. The summed E-state index contributed by atoms with van der Waals surface area (Å²) >= 11 is 1.55. The summed E-state index contributed by atoms with van der Waals surface area (Å²) in [4.78, 5) is 20.1. The van der Waals surface area contributed by atoms with Gasteiger partial charge in [-0.25, -0.2) is 4.98 Å². The molecule has 1 amide bonds. The highest BCUT2D eigenvalue weighted by Crippen LogP contribution is 2.24. The van der Waals surface area contributed by atoms with Crippen molar-refractivity contribution in [2.75, 3.05) is 24.3 Å². The molecule has 0 radical (unpaired) electrons. The van der Waals surface area contributed by atoms with Crippen LogP contribution in [0.25, 0.3) is 16.2 Å². The molecule has 6 heteroatoms. The third-order valence-electron chi connectivity index (χ3n) is 4.64. The zero-order chi connectivity index (χ0) is 19.7. The molecule has 0 atom stereocenters. The van der Waals surface area contributed by atoms with Crippen molar-refractivity contribution in [1.82, 2.24) is 9.38 Å². The van der Waals surface area contributed by atoms with Gasteiger partial charge in [0.1, 0.15) is 0 Å². The van der Waals surface area contributed by atoms with E-state index in [1.165, 1.54) is 5.56 Å². The molecule has 0 fully saturated rings. The number of carbonyl (C=O) groups excluding carboxylic acids is 1. The molecule has 0 saturated heterocycles. The fourth-order valence-electron chi connectivity index (χ4n) is 3.03. The van der Waals surface area contributed by atoms with E-state index >= 15 is 0 Å². The summed E-state index contributed by atoms with van der Waals surface area (Å²) in [6, 6.07) is 16.1. The lowest BCUT2D eigenvalue weighted by Gasteiger charge is -2.13. The summed E-state index contributed by atoms with van der Waals surface area (Å²) < 4.78 is 2.01. The van der Waals surface area contributed by atoms with Crippen molar-refractivity contribution >= 4 is 33.6 Å². The average molecular weight is 391 g/mol. The van der Waals surface area contributed by atoms with E-state index in [-0.39, 0.29) is 5.91 Å². The number of imidazole rings is 1. The molecule has 1 N–H and O–H groups in total. The molecule has 2 heterocycles. The normalized spacial score (nSPS) is 11.0. The number of rotatable bonds is 5. The molecule has 4 aromatic rings. The number of hydrogen-bond donors (Lipinski definition) is 1. The molecule has 2 aromatic heterocycles. The van der Waals surface area contributed by atoms with Gasteiger partial charge in [0.15, 0.2) is 4.96 Å². The van der Waals surface area contributed by atoms with Crippen molar-refractivity contribution in [2.24, 2.45) is 0 Å². The van der Waals surface area contributed by atoms with E-state index in [2.05, 4.69) is 36.5 Å². The molecule has 5 nitrogen and oxygen atoms in total. The number of benzene rings is 2. The second-order valence-corrected chi connectivity index (χ2v) is 7.87. The summed E-state index contributed by atoms with van der Waals surface area (Å²) in [7, 11) is 3.98. The number of fused-ring (bicyclic) bond motifs is 1. The molecule has 2 aromatic carbocycles. The highest BCUT2D eigenvalue weighted by molar-refractivity contribution is 7.15. The molecule has 4 rings (SSSR count). The van der Waals surface area contributed by atoms with Gasteiger partial charge in [-0.15, -0.1) is 11.3 Å². The Morgan fingerprint density at radius 3 is 2.50 bits per heavy atom. The highest BCUT2D eigenvalue weighted by Gasteiger charge is 2.13. The summed E-state index contributed by atoms with van der Waals surface area (Å²) in [5, 5.41) is 4.97. The number of anilines is 2. The predicted octanol–water partition coefficient (Wildman–Crippen LogP) is 4.62. The molecule has 0 bridgehead atoms. The van der Waals surface area contributed by atoms with Crippen LogP contribution in [-0.2, 0) is 11.2 Å². The number of aromatic nitrogens is 2. The number of hydrogen-bond acceptors (Lipinski definition) is 4. The average Bonchev–Trinajstić information content (AvgIpc) is 3.25. The van der Waals surface area contributed by atoms with Gasteiger partial charge in [-0.05, 0) is 31.2 Å². The molecule has 0 spiro atoms. The lowest BCUT2D eigenvalue weighted by atomic mass is 10.1. The lowest BCUT2D eigenvalue weighted by molar-refractivity contribution is -0.115. The Bertz CT molecular complexity index is 1110. The molecule has 28 heavy (non-hydrogen) atoms. The molecule has 0 aliphatic rings. The van der Waals surface area contributed by atoms with Gasteiger partial charge in [0.25, 0.3) is 0 Å². The highest BCUT2D eigenvalue weighted by atomic mass is 32.1. The monoisotopic (exact) mass is 390 g/mol. The minimum Gasteiger partial charge on any atom is -0.378 e. The lowest BCUT2D eigenvalue weighted by Crippen LogP contribution is -2.15. The van der Waals surface area contributed by atoms with Crippen LogP contribution < -0.4 is 10.2 Å². The van der Waals surface area contributed by atoms with Gasteiger partial charge in [-0.1, -0.05) is 29.8 Å². The molecule has 0 aliphatic heterocycles. The SMILES string of the molecule is Cc1ccc(-c2cn3c(CC(=O)Nc4ccc(N(C)C)cc4)csc3n2)cc1. The number of thiazole rings is 1. The van der Waals surface area contributed by atoms with Gasteiger partial charge in [-0.2, -0.15) is 0 Å². The van der Waals surface area contributed by atoms with Crippen LogP contribution in [0.4, 0.5) is 11.4 Å². The minimum atomic E-state index is -0.0390. The van der Waals surface area contributed by atoms with Gasteiger partial charge in [0.2, 0.25) is 5.91 Å². The van der Waals surface area contributed by atoms with Gasteiger partial charge in [0, 0.05) is 48.3 Å². The number of nitrogens with one attached hydrogen (secondary N) is 1. The molecular formula is C22H22N4OS. The maximum absolute atomic E-state index is 12.5. The largest absolute Gasteiger partial charge is 0.378 e. The van der Waals surface area contributed by atoms with Crippen molar-refractivity contribution in [3.05, 3.63) is 71.4 Å². The number of amides is 1. The Morgan fingerprint density at radius 1 is 1.11 bits per heavy atom. The van der Waals surface area contributed by atoms with E-state index in [9.17, 15) is 4.79 Å². The fourth-order valence-corrected chi connectivity index (χ4v) is 3.91. The molecule has 142 valence electrons. The minimum absolute atomic E-state index is 0.0390. The van der Waals surface area contributed by atoms with Crippen LogP contribution in [0, 0.1) is 6.92 Å². The van der Waals surface area contributed by atoms with E-state index in [0.29, 0.717) is 6.42 Å². The van der Waals surface area contributed by atoms with Crippen LogP contribution in [0.2, 0.25) is 0 Å². The third kappa shape index (κ3) is 3.77. The predicted molar refractivity (Wildman–Crippen MR) is 116 cm³/mol. The van der Waals surface area contributed by atoms with E-state index in [1.54, 1.807) is 11.3 Å². The van der Waals surface area contributed by atoms with E-state index in [4.69, 9.17) is 4.98 Å². The van der Waals surface area contributed by atoms with Crippen molar-refractivity contribution in [1.29, 1.82) is 0 Å². The van der Waals surface area contributed by atoms with Crippen LogP contribution >= 0.6 is 11.3 Å². The van der Waals surface area contributed by atoms with Crippen molar-refractivity contribution in [3.8, 4) is 11.3 Å². The zero-order valence-electron chi connectivity index (χ0n) is 16.1. The first-order chi connectivity index (χ1) is 13.5.